The fourth-order valence-electron chi connectivity index (χ4n) is 1.32. The summed E-state index contributed by atoms with van der Waals surface area (Å²) in [7, 11) is 3.13. The molecule has 0 aliphatic rings. The fourth-order valence-corrected chi connectivity index (χ4v) is 1.32. The quantitative estimate of drug-likeness (QED) is 0.752. The summed E-state index contributed by atoms with van der Waals surface area (Å²) in [6, 6.07) is 5.36. The SMILES string of the molecule is COc1ccc(COC(=O)CCN)cc1OC. The molecule has 2 N–H and O–H groups in total. The first-order valence-electron chi connectivity index (χ1n) is 5.28. The smallest absolute Gasteiger partial charge is 0.307 e. The molecule has 0 aliphatic carbocycles. The molecule has 0 unspecified atom stereocenters. The second kappa shape index (κ2) is 6.75. The van der Waals surface area contributed by atoms with Crippen molar-refractivity contribution in [2.24, 2.45) is 5.73 Å². The Morgan fingerprint density at radius 2 is 1.94 bits per heavy atom. The second-order valence-electron chi connectivity index (χ2n) is 3.39. The van der Waals surface area contributed by atoms with Crippen LogP contribution < -0.4 is 15.2 Å². The van der Waals surface area contributed by atoms with Crippen molar-refractivity contribution in [1.29, 1.82) is 0 Å². The van der Waals surface area contributed by atoms with Gasteiger partial charge in [0.1, 0.15) is 6.61 Å². The zero-order valence-corrected chi connectivity index (χ0v) is 10.1. The summed E-state index contributed by atoms with van der Waals surface area (Å²) >= 11 is 0. The predicted octanol–water partition coefficient (Wildman–Crippen LogP) is 1.10. The lowest BCUT2D eigenvalue weighted by atomic mass is 10.2. The molecule has 0 aliphatic heterocycles. The highest BCUT2D eigenvalue weighted by Gasteiger charge is 2.06. The van der Waals surface area contributed by atoms with Crippen molar-refractivity contribution in [1.82, 2.24) is 0 Å². The van der Waals surface area contributed by atoms with Crippen molar-refractivity contribution in [3.63, 3.8) is 0 Å². The third kappa shape index (κ3) is 3.96. The lowest BCUT2D eigenvalue weighted by molar-refractivity contribution is -0.144. The molecule has 0 aromatic heterocycles. The van der Waals surface area contributed by atoms with E-state index in [2.05, 4.69) is 0 Å². The van der Waals surface area contributed by atoms with Crippen LogP contribution in [0.4, 0.5) is 0 Å². The summed E-state index contributed by atoms with van der Waals surface area (Å²) in [6.45, 7) is 0.504. The van der Waals surface area contributed by atoms with E-state index in [0.29, 0.717) is 18.0 Å². The molecule has 1 aromatic rings. The van der Waals surface area contributed by atoms with Gasteiger partial charge in [0, 0.05) is 6.54 Å². The largest absolute Gasteiger partial charge is 0.493 e. The van der Waals surface area contributed by atoms with Crippen LogP contribution in [0.25, 0.3) is 0 Å². The number of hydrogen-bond donors (Lipinski definition) is 1. The summed E-state index contributed by atoms with van der Waals surface area (Å²) in [4.78, 5) is 11.1. The molecule has 0 saturated heterocycles. The first kappa shape index (κ1) is 13.3. The van der Waals surface area contributed by atoms with Gasteiger partial charge in [0.15, 0.2) is 11.5 Å². The molecule has 0 atom stereocenters. The lowest BCUT2D eigenvalue weighted by Gasteiger charge is -2.09. The van der Waals surface area contributed by atoms with E-state index in [4.69, 9.17) is 19.9 Å². The monoisotopic (exact) mass is 239 g/mol. The maximum Gasteiger partial charge on any atom is 0.307 e. The van der Waals surface area contributed by atoms with Crippen LogP contribution >= 0.6 is 0 Å². The molecule has 0 heterocycles. The molecule has 0 spiro atoms. The molecule has 1 aromatic carbocycles. The average Bonchev–Trinajstić information content (AvgIpc) is 2.36. The van der Waals surface area contributed by atoms with E-state index in [1.807, 2.05) is 6.07 Å². The molecule has 0 fully saturated rings. The van der Waals surface area contributed by atoms with Crippen LogP contribution in [0.3, 0.4) is 0 Å². The number of rotatable bonds is 6. The van der Waals surface area contributed by atoms with Gasteiger partial charge in [0.2, 0.25) is 0 Å². The molecule has 5 nitrogen and oxygen atoms in total. The van der Waals surface area contributed by atoms with Crippen LogP contribution in [0, 0.1) is 0 Å². The molecular formula is C12H17NO4. The molecule has 0 amide bonds. The van der Waals surface area contributed by atoms with E-state index >= 15 is 0 Å². The molecule has 94 valence electrons. The number of benzene rings is 1. The van der Waals surface area contributed by atoms with Crippen LogP contribution in [0.1, 0.15) is 12.0 Å². The fraction of sp³-hybridized carbons (Fsp3) is 0.417. The second-order valence-corrected chi connectivity index (χ2v) is 3.39. The zero-order chi connectivity index (χ0) is 12.7. The Morgan fingerprint density at radius 3 is 2.53 bits per heavy atom. The Bertz CT molecular complexity index is 379. The molecule has 17 heavy (non-hydrogen) atoms. The van der Waals surface area contributed by atoms with Gasteiger partial charge in [0.25, 0.3) is 0 Å². The van der Waals surface area contributed by atoms with Crippen LogP contribution in [0.2, 0.25) is 0 Å². The molecular weight excluding hydrogens is 222 g/mol. The molecule has 1 rings (SSSR count). The van der Waals surface area contributed by atoms with Crippen LogP contribution in [-0.2, 0) is 16.1 Å². The van der Waals surface area contributed by atoms with Gasteiger partial charge >= 0.3 is 5.97 Å². The van der Waals surface area contributed by atoms with Gasteiger partial charge in [-0.3, -0.25) is 4.79 Å². The number of esters is 1. The Labute approximate surface area is 100 Å². The zero-order valence-electron chi connectivity index (χ0n) is 10.1. The van der Waals surface area contributed by atoms with Crippen molar-refractivity contribution < 1.29 is 19.0 Å². The summed E-state index contributed by atoms with van der Waals surface area (Å²) in [5, 5.41) is 0. The summed E-state index contributed by atoms with van der Waals surface area (Å²) < 4.78 is 15.3. The number of ether oxygens (including phenoxy) is 3. The highest BCUT2D eigenvalue weighted by molar-refractivity contribution is 5.69. The lowest BCUT2D eigenvalue weighted by Crippen LogP contribution is -2.11. The van der Waals surface area contributed by atoms with E-state index in [9.17, 15) is 4.79 Å². The highest BCUT2D eigenvalue weighted by atomic mass is 16.5. The van der Waals surface area contributed by atoms with Crippen molar-refractivity contribution in [3.8, 4) is 11.5 Å². The Morgan fingerprint density at radius 1 is 1.24 bits per heavy atom. The molecule has 0 radical (unpaired) electrons. The van der Waals surface area contributed by atoms with Crippen molar-refractivity contribution >= 4 is 5.97 Å². The maximum absolute atomic E-state index is 11.1. The van der Waals surface area contributed by atoms with E-state index in [1.54, 1.807) is 26.4 Å². The van der Waals surface area contributed by atoms with Gasteiger partial charge in [-0.25, -0.2) is 0 Å². The topological polar surface area (TPSA) is 70.8 Å². The normalized spacial score (nSPS) is 9.82. The minimum Gasteiger partial charge on any atom is -0.493 e. The molecule has 0 saturated carbocycles. The molecule has 0 bridgehead atoms. The van der Waals surface area contributed by atoms with Crippen molar-refractivity contribution in [2.75, 3.05) is 20.8 Å². The van der Waals surface area contributed by atoms with Gasteiger partial charge in [-0.05, 0) is 17.7 Å². The van der Waals surface area contributed by atoms with Gasteiger partial charge in [-0.1, -0.05) is 6.07 Å². The van der Waals surface area contributed by atoms with E-state index in [-0.39, 0.29) is 19.0 Å². The average molecular weight is 239 g/mol. The molecule has 5 heteroatoms. The number of carbonyl (C=O) groups is 1. The third-order valence-corrected chi connectivity index (χ3v) is 2.20. The van der Waals surface area contributed by atoms with Gasteiger partial charge in [-0.15, -0.1) is 0 Å². The van der Waals surface area contributed by atoms with Crippen LogP contribution in [-0.4, -0.2) is 26.7 Å². The maximum atomic E-state index is 11.1. The van der Waals surface area contributed by atoms with Gasteiger partial charge in [-0.2, -0.15) is 0 Å². The van der Waals surface area contributed by atoms with E-state index in [1.165, 1.54) is 0 Å². The first-order valence-corrected chi connectivity index (χ1v) is 5.28. The number of nitrogens with two attached hydrogens (primary N) is 1. The summed E-state index contributed by atoms with van der Waals surface area (Å²) in [5.41, 5.74) is 6.09. The van der Waals surface area contributed by atoms with E-state index < -0.39 is 0 Å². The Kier molecular flexibility index (Phi) is 5.29. The number of hydrogen-bond acceptors (Lipinski definition) is 5. The van der Waals surface area contributed by atoms with Crippen LogP contribution in [0.15, 0.2) is 18.2 Å². The minimum absolute atomic E-state index is 0.208. The van der Waals surface area contributed by atoms with Crippen molar-refractivity contribution in [3.05, 3.63) is 23.8 Å². The minimum atomic E-state index is -0.303. The Hall–Kier alpha value is -1.75. The summed E-state index contributed by atoms with van der Waals surface area (Å²) in [6.07, 6.45) is 0.229. The standard InChI is InChI=1S/C12H17NO4/c1-15-10-4-3-9(7-11(10)16-2)8-17-12(14)5-6-13/h3-4,7H,5-6,8,13H2,1-2H3. The first-order chi connectivity index (χ1) is 8.21. The summed E-state index contributed by atoms with van der Waals surface area (Å²) in [5.74, 6) is 0.951. The van der Waals surface area contributed by atoms with Crippen LogP contribution in [0.5, 0.6) is 11.5 Å². The van der Waals surface area contributed by atoms with Crippen molar-refractivity contribution in [2.45, 2.75) is 13.0 Å². The number of methoxy groups -OCH3 is 2. The number of carbonyl (C=O) groups excluding carboxylic acids is 1. The Balaban J connectivity index is 2.63. The predicted molar refractivity (Wildman–Crippen MR) is 63.0 cm³/mol. The highest BCUT2D eigenvalue weighted by Crippen LogP contribution is 2.27. The van der Waals surface area contributed by atoms with E-state index in [0.717, 1.165) is 5.56 Å². The third-order valence-electron chi connectivity index (χ3n) is 2.20. The van der Waals surface area contributed by atoms with Gasteiger partial charge < -0.3 is 19.9 Å². The van der Waals surface area contributed by atoms with Gasteiger partial charge in [0.05, 0.1) is 20.6 Å².